The highest BCUT2D eigenvalue weighted by molar-refractivity contribution is 9.10. The molecule has 0 spiro atoms. The summed E-state index contributed by atoms with van der Waals surface area (Å²) in [6, 6.07) is 5.48. The van der Waals surface area contributed by atoms with Crippen LogP contribution in [0.4, 0.5) is 0 Å². The number of pyridine rings is 1. The Bertz CT molecular complexity index is 463. The minimum absolute atomic E-state index is 0.628. The van der Waals surface area contributed by atoms with Gasteiger partial charge in [-0.05, 0) is 39.8 Å². The van der Waals surface area contributed by atoms with Gasteiger partial charge in [0, 0.05) is 12.3 Å². The fourth-order valence-electron chi connectivity index (χ4n) is 0.903. The highest BCUT2D eigenvalue weighted by Crippen LogP contribution is 2.25. The second-order valence-corrected chi connectivity index (χ2v) is 4.89. The van der Waals surface area contributed by atoms with E-state index in [-0.39, 0.29) is 0 Å². The number of hydrogen-bond acceptors (Lipinski definition) is 4. The van der Waals surface area contributed by atoms with Gasteiger partial charge in [-0.15, -0.1) is 0 Å². The monoisotopic (exact) mass is 301 g/mol. The van der Waals surface area contributed by atoms with Gasteiger partial charge in [-0.3, -0.25) is 0 Å². The average Bonchev–Trinajstić information content (AvgIpc) is 2.22. The van der Waals surface area contributed by atoms with Crippen molar-refractivity contribution >= 4 is 39.3 Å². The van der Waals surface area contributed by atoms with Crippen molar-refractivity contribution < 1.29 is 0 Å². The molecule has 0 radical (unpaired) electrons. The van der Waals surface area contributed by atoms with Gasteiger partial charge in [0.25, 0.3) is 0 Å². The summed E-state index contributed by atoms with van der Waals surface area (Å²) < 4.78 is 0.758. The van der Waals surface area contributed by atoms with Crippen molar-refractivity contribution in [3.05, 3.63) is 40.3 Å². The van der Waals surface area contributed by atoms with Gasteiger partial charge in [-0.2, -0.15) is 0 Å². The molecule has 0 bridgehead atoms. The maximum atomic E-state index is 5.73. The molecule has 6 heteroatoms. The molecule has 0 N–H and O–H groups in total. The summed E-state index contributed by atoms with van der Waals surface area (Å²) in [4.78, 5) is 12.2. The lowest BCUT2D eigenvalue weighted by Gasteiger charge is -1.99. The third-order valence-corrected chi connectivity index (χ3v) is 3.06. The fraction of sp³-hybridized carbons (Fsp3) is 0. The quantitative estimate of drug-likeness (QED) is 0.797. The summed E-state index contributed by atoms with van der Waals surface area (Å²) >= 11 is 10.5. The van der Waals surface area contributed by atoms with Crippen molar-refractivity contribution in [3.8, 4) is 0 Å². The third-order valence-electron chi connectivity index (χ3n) is 1.52. The normalized spacial score (nSPS) is 10.3. The first kappa shape index (κ1) is 10.9. The smallest absolute Gasteiger partial charge is 0.118 e. The van der Waals surface area contributed by atoms with Gasteiger partial charge in [0.2, 0.25) is 0 Å². The van der Waals surface area contributed by atoms with Crippen LogP contribution < -0.4 is 0 Å². The van der Waals surface area contributed by atoms with E-state index in [1.54, 1.807) is 12.3 Å². The summed E-state index contributed by atoms with van der Waals surface area (Å²) in [7, 11) is 0. The molecule has 2 heterocycles. The van der Waals surface area contributed by atoms with Crippen LogP contribution in [0.1, 0.15) is 0 Å². The Kier molecular flexibility index (Phi) is 3.56. The molecule has 0 aromatic carbocycles. The molecule has 0 aliphatic rings. The predicted octanol–water partition coefficient (Wildman–Crippen LogP) is 3.44. The number of rotatable bonds is 2. The second-order valence-electron chi connectivity index (χ2n) is 2.60. The Morgan fingerprint density at radius 2 is 2.00 bits per heavy atom. The molecule has 0 atom stereocenters. The van der Waals surface area contributed by atoms with E-state index in [4.69, 9.17) is 11.6 Å². The van der Waals surface area contributed by atoms with E-state index in [0.29, 0.717) is 5.02 Å². The molecule has 3 nitrogen and oxygen atoms in total. The van der Waals surface area contributed by atoms with Crippen molar-refractivity contribution in [2.75, 3.05) is 0 Å². The van der Waals surface area contributed by atoms with E-state index in [0.717, 1.165) is 14.7 Å². The lowest BCUT2D eigenvalue weighted by Crippen LogP contribution is -1.84. The van der Waals surface area contributed by atoms with Crippen LogP contribution in [0.5, 0.6) is 0 Å². The van der Waals surface area contributed by atoms with Crippen molar-refractivity contribution in [2.45, 2.75) is 10.1 Å². The van der Waals surface area contributed by atoms with Crippen LogP contribution in [0, 0.1) is 0 Å². The molecule has 2 rings (SSSR count). The van der Waals surface area contributed by atoms with Crippen LogP contribution in [-0.2, 0) is 0 Å². The molecule has 0 aliphatic heterocycles. The zero-order valence-electron chi connectivity index (χ0n) is 7.39. The Labute approximate surface area is 104 Å². The standard InChI is InChI=1S/C9H5BrClN3S/c10-7-3-9(14-5-13-7)15-8-2-1-6(11)4-12-8/h1-5H. The van der Waals surface area contributed by atoms with Crippen LogP contribution in [0.25, 0.3) is 0 Å². The van der Waals surface area contributed by atoms with E-state index in [9.17, 15) is 0 Å². The Morgan fingerprint density at radius 1 is 1.13 bits per heavy atom. The number of aromatic nitrogens is 3. The molecule has 76 valence electrons. The molecule has 15 heavy (non-hydrogen) atoms. The average molecular weight is 303 g/mol. The second kappa shape index (κ2) is 4.92. The first-order valence-electron chi connectivity index (χ1n) is 4.01. The van der Waals surface area contributed by atoms with Gasteiger partial charge in [-0.25, -0.2) is 15.0 Å². The Hall–Kier alpha value is -0.650. The van der Waals surface area contributed by atoms with Crippen molar-refractivity contribution in [3.63, 3.8) is 0 Å². The summed E-state index contributed by atoms with van der Waals surface area (Å²) in [6.45, 7) is 0. The van der Waals surface area contributed by atoms with Crippen molar-refractivity contribution in [1.29, 1.82) is 0 Å². The Balaban J connectivity index is 2.18. The molecule has 2 aromatic heterocycles. The fourth-order valence-corrected chi connectivity index (χ4v) is 2.20. The van der Waals surface area contributed by atoms with Gasteiger partial charge in [0.15, 0.2) is 0 Å². The van der Waals surface area contributed by atoms with Crippen LogP contribution in [0.15, 0.2) is 45.4 Å². The third kappa shape index (κ3) is 3.15. The molecule has 0 saturated heterocycles. The summed E-state index contributed by atoms with van der Waals surface area (Å²) in [6.07, 6.45) is 3.11. The molecule has 0 amide bonds. The lowest BCUT2D eigenvalue weighted by molar-refractivity contribution is 1.02. The van der Waals surface area contributed by atoms with Crippen LogP contribution in [0.3, 0.4) is 0 Å². The van der Waals surface area contributed by atoms with Crippen molar-refractivity contribution in [2.24, 2.45) is 0 Å². The van der Waals surface area contributed by atoms with E-state index in [2.05, 4.69) is 30.9 Å². The van der Waals surface area contributed by atoms with Gasteiger partial charge in [0.1, 0.15) is 21.0 Å². The zero-order valence-corrected chi connectivity index (χ0v) is 10.6. The zero-order chi connectivity index (χ0) is 10.7. The number of hydrogen-bond donors (Lipinski definition) is 0. The van der Waals surface area contributed by atoms with E-state index in [1.165, 1.54) is 18.1 Å². The summed E-state index contributed by atoms with van der Waals surface area (Å²) in [5.74, 6) is 0. The van der Waals surface area contributed by atoms with Crippen molar-refractivity contribution in [1.82, 2.24) is 15.0 Å². The minimum atomic E-state index is 0.628. The first-order valence-corrected chi connectivity index (χ1v) is 6.00. The lowest BCUT2D eigenvalue weighted by atomic mass is 10.5. The maximum Gasteiger partial charge on any atom is 0.118 e. The molecular formula is C9H5BrClN3S. The van der Waals surface area contributed by atoms with Crippen LogP contribution >= 0.6 is 39.3 Å². The predicted molar refractivity (Wildman–Crippen MR) is 63.1 cm³/mol. The molecule has 0 saturated carbocycles. The summed E-state index contributed by atoms with van der Waals surface area (Å²) in [5, 5.41) is 2.32. The molecule has 0 aliphatic carbocycles. The molecule has 2 aromatic rings. The highest BCUT2D eigenvalue weighted by Gasteiger charge is 2.01. The van der Waals surface area contributed by atoms with Gasteiger partial charge in [0.05, 0.1) is 5.02 Å². The van der Waals surface area contributed by atoms with E-state index < -0.39 is 0 Å². The minimum Gasteiger partial charge on any atom is -0.248 e. The van der Waals surface area contributed by atoms with E-state index >= 15 is 0 Å². The Morgan fingerprint density at radius 3 is 2.67 bits per heavy atom. The number of nitrogens with zero attached hydrogens (tertiary/aromatic N) is 3. The molecular weight excluding hydrogens is 298 g/mol. The van der Waals surface area contributed by atoms with Crippen LogP contribution in [0.2, 0.25) is 5.02 Å². The van der Waals surface area contributed by atoms with E-state index in [1.807, 2.05) is 12.1 Å². The summed E-state index contributed by atoms with van der Waals surface area (Å²) in [5.41, 5.74) is 0. The SMILES string of the molecule is Clc1ccc(Sc2cc(Br)ncn2)nc1. The first-order chi connectivity index (χ1) is 7.24. The van der Waals surface area contributed by atoms with Gasteiger partial charge < -0.3 is 0 Å². The maximum absolute atomic E-state index is 5.73. The highest BCUT2D eigenvalue weighted by atomic mass is 79.9. The largest absolute Gasteiger partial charge is 0.248 e. The van der Waals surface area contributed by atoms with Crippen LogP contribution in [-0.4, -0.2) is 15.0 Å². The topological polar surface area (TPSA) is 38.7 Å². The number of halogens is 2. The molecule has 0 unspecified atom stereocenters. The molecule has 0 fully saturated rings. The van der Waals surface area contributed by atoms with Gasteiger partial charge in [-0.1, -0.05) is 11.6 Å². The van der Waals surface area contributed by atoms with Gasteiger partial charge >= 0.3 is 0 Å².